The van der Waals surface area contributed by atoms with Gasteiger partial charge in [-0.05, 0) is 42.3 Å². The highest BCUT2D eigenvalue weighted by molar-refractivity contribution is 5.95. The third kappa shape index (κ3) is 6.28. The lowest BCUT2D eigenvalue weighted by atomic mass is 10.2. The number of amides is 1. The number of anilines is 1. The van der Waals surface area contributed by atoms with Crippen LogP contribution in [0.25, 0.3) is 6.08 Å². The SMILES string of the molecule is C=CCOc1ccc(/C=C/C(=O)OCC(=O)Nc2ccccc2C)cc1. The maximum atomic E-state index is 11.8. The minimum atomic E-state index is -0.586. The molecule has 0 heterocycles. The van der Waals surface area contributed by atoms with Gasteiger partial charge in [0.05, 0.1) is 0 Å². The van der Waals surface area contributed by atoms with Crippen LogP contribution in [0.4, 0.5) is 5.69 Å². The standard InChI is InChI=1S/C21H21NO4/c1-3-14-25-18-11-8-17(9-12-18)10-13-21(24)26-15-20(23)22-19-7-5-4-6-16(19)2/h3-13H,1,14-15H2,2H3,(H,22,23)/b13-10+. The fourth-order valence-electron chi connectivity index (χ4n) is 2.08. The summed E-state index contributed by atoms with van der Waals surface area (Å²) in [6, 6.07) is 14.6. The first kappa shape index (κ1) is 19.0. The number of esters is 1. The van der Waals surface area contributed by atoms with Crippen molar-refractivity contribution in [2.75, 3.05) is 18.5 Å². The van der Waals surface area contributed by atoms with E-state index in [9.17, 15) is 9.59 Å². The number of benzene rings is 2. The van der Waals surface area contributed by atoms with Crippen molar-refractivity contribution in [1.29, 1.82) is 0 Å². The van der Waals surface area contributed by atoms with Crippen LogP contribution in [0.3, 0.4) is 0 Å². The number of rotatable bonds is 8. The molecule has 0 saturated heterocycles. The minimum Gasteiger partial charge on any atom is -0.490 e. The largest absolute Gasteiger partial charge is 0.490 e. The molecule has 0 aromatic heterocycles. The molecule has 0 aliphatic heterocycles. The summed E-state index contributed by atoms with van der Waals surface area (Å²) in [6.07, 6.45) is 4.55. The molecule has 2 aromatic carbocycles. The second-order valence-corrected chi connectivity index (χ2v) is 5.47. The Morgan fingerprint density at radius 1 is 1.12 bits per heavy atom. The molecular weight excluding hydrogens is 330 g/mol. The molecule has 0 fully saturated rings. The summed E-state index contributed by atoms with van der Waals surface area (Å²) in [7, 11) is 0. The molecule has 0 spiro atoms. The van der Waals surface area contributed by atoms with E-state index in [0.717, 1.165) is 16.9 Å². The van der Waals surface area contributed by atoms with E-state index < -0.39 is 5.97 Å². The van der Waals surface area contributed by atoms with Crippen LogP contribution in [0.15, 0.2) is 67.3 Å². The van der Waals surface area contributed by atoms with Crippen LogP contribution >= 0.6 is 0 Å². The first-order chi connectivity index (χ1) is 12.6. The zero-order valence-corrected chi connectivity index (χ0v) is 14.6. The molecular formula is C21H21NO4. The molecule has 2 aromatic rings. The molecule has 0 unspecified atom stereocenters. The zero-order valence-electron chi connectivity index (χ0n) is 14.6. The van der Waals surface area contributed by atoms with Crippen molar-refractivity contribution >= 4 is 23.6 Å². The van der Waals surface area contributed by atoms with Gasteiger partial charge in [0, 0.05) is 11.8 Å². The van der Waals surface area contributed by atoms with Crippen molar-refractivity contribution in [3.63, 3.8) is 0 Å². The summed E-state index contributed by atoms with van der Waals surface area (Å²) in [4.78, 5) is 23.6. The fraction of sp³-hybridized carbons (Fsp3) is 0.143. The summed E-state index contributed by atoms with van der Waals surface area (Å²) in [5.41, 5.74) is 2.45. The maximum absolute atomic E-state index is 11.8. The Kier molecular flexibility index (Phi) is 7.18. The molecule has 0 aliphatic rings. The highest BCUT2D eigenvalue weighted by Crippen LogP contribution is 2.14. The molecule has 2 rings (SSSR count). The van der Waals surface area contributed by atoms with E-state index in [-0.39, 0.29) is 12.5 Å². The predicted octanol–water partition coefficient (Wildman–Crippen LogP) is 3.75. The number of aryl methyl sites for hydroxylation is 1. The Morgan fingerprint density at radius 3 is 2.54 bits per heavy atom. The van der Waals surface area contributed by atoms with Crippen LogP contribution in [-0.4, -0.2) is 25.1 Å². The summed E-state index contributed by atoms with van der Waals surface area (Å²) >= 11 is 0. The van der Waals surface area contributed by atoms with E-state index in [4.69, 9.17) is 9.47 Å². The molecule has 0 bridgehead atoms. The van der Waals surface area contributed by atoms with E-state index in [0.29, 0.717) is 12.3 Å². The van der Waals surface area contributed by atoms with Crippen molar-refractivity contribution < 1.29 is 19.1 Å². The van der Waals surface area contributed by atoms with E-state index in [1.807, 2.05) is 37.3 Å². The average molecular weight is 351 g/mol. The molecule has 1 amide bonds. The Balaban J connectivity index is 1.79. The topological polar surface area (TPSA) is 64.6 Å². The van der Waals surface area contributed by atoms with Gasteiger partial charge in [-0.1, -0.05) is 43.0 Å². The Bertz CT molecular complexity index is 794. The van der Waals surface area contributed by atoms with Gasteiger partial charge in [-0.15, -0.1) is 0 Å². The molecule has 0 radical (unpaired) electrons. The van der Waals surface area contributed by atoms with Gasteiger partial charge in [0.15, 0.2) is 6.61 Å². The van der Waals surface area contributed by atoms with Crippen molar-refractivity contribution in [3.8, 4) is 5.75 Å². The zero-order chi connectivity index (χ0) is 18.8. The molecule has 0 aliphatic carbocycles. The average Bonchev–Trinajstić information content (AvgIpc) is 2.65. The van der Waals surface area contributed by atoms with E-state index in [1.54, 1.807) is 30.4 Å². The summed E-state index contributed by atoms with van der Waals surface area (Å²) in [5, 5.41) is 2.70. The fourth-order valence-corrected chi connectivity index (χ4v) is 2.08. The summed E-state index contributed by atoms with van der Waals surface area (Å²) in [6.45, 7) is 5.57. The van der Waals surface area contributed by atoms with Gasteiger partial charge in [0.1, 0.15) is 12.4 Å². The van der Waals surface area contributed by atoms with Crippen LogP contribution in [0, 0.1) is 6.92 Å². The number of nitrogens with one attached hydrogen (secondary N) is 1. The molecule has 5 heteroatoms. The van der Waals surface area contributed by atoms with Crippen molar-refractivity contribution in [1.82, 2.24) is 0 Å². The van der Waals surface area contributed by atoms with Crippen LogP contribution in [0.5, 0.6) is 5.75 Å². The maximum Gasteiger partial charge on any atom is 0.331 e. The van der Waals surface area contributed by atoms with Crippen LogP contribution < -0.4 is 10.1 Å². The van der Waals surface area contributed by atoms with Gasteiger partial charge < -0.3 is 14.8 Å². The molecule has 1 N–H and O–H groups in total. The third-order valence-corrected chi connectivity index (χ3v) is 3.42. The smallest absolute Gasteiger partial charge is 0.331 e. The second kappa shape index (κ2) is 9.84. The van der Waals surface area contributed by atoms with Gasteiger partial charge in [0.25, 0.3) is 5.91 Å². The van der Waals surface area contributed by atoms with Crippen molar-refractivity contribution in [2.45, 2.75) is 6.92 Å². The number of hydrogen-bond acceptors (Lipinski definition) is 4. The number of ether oxygens (including phenoxy) is 2. The van der Waals surface area contributed by atoms with E-state index in [1.165, 1.54) is 6.08 Å². The molecule has 26 heavy (non-hydrogen) atoms. The van der Waals surface area contributed by atoms with Gasteiger partial charge in [0.2, 0.25) is 0 Å². The van der Waals surface area contributed by atoms with E-state index >= 15 is 0 Å². The number of carbonyl (C=O) groups is 2. The van der Waals surface area contributed by atoms with Crippen LogP contribution in [0.1, 0.15) is 11.1 Å². The quantitative estimate of drug-likeness (QED) is 0.447. The van der Waals surface area contributed by atoms with E-state index in [2.05, 4.69) is 11.9 Å². The van der Waals surface area contributed by atoms with Gasteiger partial charge in [-0.25, -0.2) is 4.79 Å². The van der Waals surface area contributed by atoms with Gasteiger partial charge in [-0.2, -0.15) is 0 Å². The first-order valence-corrected chi connectivity index (χ1v) is 8.12. The molecule has 0 atom stereocenters. The molecule has 0 saturated carbocycles. The Morgan fingerprint density at radius 2 is 1.85 bits per heavy atom. The summed E-state index contributed by atoms with van der Waals surface area (Å²) < 4.78 is 10.3. The Hall–Kier alpha value is -3.34. The normalized spacial score (nSPS) is 10.3. The van der Waals surface area contributed by atoms with Gasteiger partial charge >= 0.3 is 5.97 Å². The second-order valence-electron chi connectivity index (χ2n) is 5.47. The number of hydrogen-bond donors (Lipinski definition) is 1. The number of carbonyl (C=O) groups excluding carboxylic acids is 2. The highest BCUT2D eigenvalue weighted by atomic mass is 16.5. The van der Waals surface area contributed by atoms with Crippen molar-refractivity contribution in [2.24, 2.45) is 0 Å². The lowest BCUT2D eigenvalue weighted by Crippen LogP contribution is -2.20. The first-order valence-electron chi connectivity index (χ1n) is 8.12. The number of para-hydroxylation sites is 1. The van der Waals surface area contributed by atoms with Crippen LogP contribution in [0.2, 0.25) is 0 Å². The van der Waals surface area contributed by atoms with Gasteiger partial charge in [-0.3, -0.25) is 4.79 Å². The van der Waals surface area contributed by atoms with Crippen LogP contribution in [-0.2, 0) is 14.3 Å². The molecule has 134 valence electrons. The van der Waals surface area contributed by atoms with Crippen molar-refractivity contribution in [3.05, 3.63) is 78.4 Å². The monoisotopic (exact) mass is 351 g/mol. The molecule has 5 nitrogen and oxygen atoms in total. The third-order valence-electron chi connectivity index (χ3n) is 3.42. The summed E-state index contributed by atoms with van der Waals surface area (Å²) in [5.74, 6) is -0.251. The lowest BCUT2D eigenvalue weighted by molar-refractivity contribution is -0.142. The lowest BCUT2D eigenvalue weighted by Gasteiger charge is -2.07. The highest BCUT2D eigenvalue weighted by Gasteiger charge is 2.07. The minimum absolute atomic E-state index is 0.341. The Labute approximate surface area is 152 Å². The predicted molar refractivity (Wildman–Crippen MR) is 102 cm³/mol.